The van der Waals surface area contributed by atoms with Crippen LogP contribution in [0.15, 0.2) is 48.5 Å². The van der Waals surface area contributed by atoms with E-state index in [2.05, 4.69) is 16.8 Å². The Balaban J connectivity index is 1.33. The molecule has 4 rings (SSSR count). The molecule has 1 atom stereocenters. The quantitative estimate of drug-likeness (QED) is 0.674. The number of piperidine rings is 1. The van der Waals surface area contributed by atoms with Crippen LogP contribution in [-0.2, 0) is 6.61 Å². The van der Waals surface area contributed by atoms with E-state index in [0.29, 0.717) is 29.0 Å². The Kier molecular flexibility index (Phi) is 7.49. The van der Waals surface area contributed by atoms with Crippen LogP contribution in [-0.4, -0.2) is 73.0 Å². The normalized spacial score (nSPS) is 20.6. The summed E-state index contributed by atoms with van der Waals surface area (Å²) >= 11 is 5.96. The van der Waals surface area contributed by atoms with E-state index in [9.17, 15) is 4.79 Å². The Morgan fingerprint density at radius 3 is 2.48 bits per heavy atom. The van der Waals surface area contributed by atoms with Crippen LogP contribution in [0.5, 0.6) is 5.75 Å². The SMILES string of the molecule is CN1CCCCC1CN1CCN(C(=O)c2ccccc2OCc2ccc(Cl)cc2)CC1. The molecule has 0 aliphatic carbocycles. The van der Waals surface area contributed by atoms with Crippen LogP contribution >= 0.6 is 11.6 Å². The van der Waals surface area contributed by atoms with E-state index in [0.717, 1.165) is 38.3 Å². The molecular weight excluding hydrogens is 410 g/mol. The first kappa shape index (κ1) is 22.1. The molecule has 2 heterocycles. The van der Waals surface area contributed by atoms with E-state index in [-0.39, 0.29) is 5.91 Å². The molecule has 2 saturated heterocycles. The maximum Gasteiger partial charge on any atom is 0.257 e. The van der Waals surface area contributed by atoms with E-state index in [1.807, 2.05) is 53.4 Å². The van der Waals surface area contributed by atoms with Gasteiger partial charge in [-0.2, -0.15) is 0 Å². The summed E-state index contributed by atoms with van der Waals surface area (Å²) in [4.78, 5) is 20.2. The summed E-state index contributed by atoms with van der Waals surface area (Å²) in [5, 5.41) is 0.702. The van der Waals surface area contributed by atoms with Gasteiger partial charge < -0.3 is 14.5 Å². The first-order valence-electron chi connectivity index (χ1n) is 11.3. The van der Waals surface area contributed by atoms with Crippen molar-refractivity contribution in [1.29, 1.82) is 0 Å². The molecule has 2 fully saturated rings. The number of para-hydroxylation sites is 1. The zero-order valence-electron chi connectivity index (χ0n) is 18.3. The molecule has 6 heteroatoms. The predicted molar refractivity (Wildman–Crippen MR) is 125 cm³/mol. The van der Waals surface area contributed by atoms with Crippen molar-refractivity contribution in [2.75, 3.05) is 46.3 Å². The van der Waals surface area contributed by atoms with Gasteiger partial charge in [-0.25, -0.2) is 0 Å². The molecule has 0 radical (unpaired) electrons. The summed E-state index contributed by atoms with van der Waals surface area (Å²) in [6.45, 7) is 6.12. The van der Waals surface area contributed by atoms with Crippen molar-refractivity contribution in [2.24, 2.45) is 0 Å². The summed E-state index contributed by atoms with van der Waals surface area (Å²) in [5.41, 5.74) is 1.66. The first-order chi connectivity index (χ1) is 15.1. The number of rotatable bonds is 6. The highest BCUT2D eigenvalue weighted by molar-refractivity contribution is 6.30. The first-order valence-corrected chi connectivity index (χ1v) is 11.7. The highest BCUT2D eigenvalue weighted by Gasteiger charge is 2.27. The van der Waals surface area contributed by atoms with Gasteiger partial charge in [0.2, 0.25) is 0 Å². The maximum atomic E-state index is 13.2. The van der Waals surface area contributed by atoms with E-state index < -0.39 is 0 Å². The van der Waals surface area contributed by atoms with Gasteiger partial charge in [0, 0.05) is 43.8 Å². The molecule has 2 aliphatic heterocycles. The number of benzene rings is 2. The zero-order valence-corrected chi connectivity index (χ0v) is 19.1. The summed E-state index contributed by atoms with van der Waals surface area (Å²) in [7, 11) is 2.24. The Bertz CT molecular complexity index is 865. The lowest BCUT2D eigenvalue weighted by Crippen LogP contribution is -2.53. The van der Waals surface area contributed by atoms with Gasteiger partial charge in [-0.1, -0.05) is 42.3 Å². The van der Waals surface area contributed by atoms with Crippen molar-refractivity contribution in [3.8, 4) is 5.75 Å². The number of ether oxygens (including phenoxy) is 1. The van der Waals surface area contributed by atoms with Gasteiger partial charge in [-0.15, -0.1) is 0 Å². The minimum Gasteiger partial charge on any atom is -0.488 e. The molecule has 0 N–H and O–H groups in total. The van der Waals surface area contributed by atoms with Crippen molar-refractivity contribution in [2.45, 2.75) is 31.9 Å². The van der Waals surface area contributed by atoms with Crippen molar-refractivity contribution in [1.82, 2.24) is 14.7 Å². The highest BCUT2D eigenvalue weighted by atomic mass is 35.5. The molecule has 5 nitrogen and oxygen atoms in total. The third kappa shape index (κ3) is 5.79. The number of carbonyl (C=O) groups is 1. The minimum absolute atomic E-state index is 0.0566. The topological polar surface area (TPSA) is 36.0 Å². The van der Waals surface area contributed by atoms with E-state index in [1.54, 1.807) is 0 Å². The van der Waals surface area contributed by atoms with Crippen LogP contribution in [0.25, 0.3) is 0 Å². The second-order valence-corrected chi connectivity index (χ2v) is 9.07. The smallest absolute Gasteiger partial charge is 0.257 e. The highest BCUT2D eigenvalue weighted by Crippen LogP contribution is 2.23. The number of likely N-dealkylation sites (tertiary alicyclic amines) is 1. The molecule has 166 valence electrons. The second kappa shape index (κ2) is 10.5. The standard InChI is InChI=1S/C25H32ClN3O2/c1-27-13-5-4-6-22(27)18-28-14-16-29(17-15-28)25(30)23-7-2-3-8-24(23)31-19-20-9-11-21(26)12-10-20/h2-3,7-12,22H,4-6,13-19H2,1H3. The van der Waals surface area contributed by atoms with Gasteiger partial charge in [0.15, 0.2) is 0 Å². The molecule has 2 aliphatic rings. The van der Waals surface area contributed by atoms with Gasteiger partial charge in [-0.3, -0.25) is 9.69 Å². The fourth-order valence-electron chi connectivity index (χ4n) is 4.49. The molecule has 1 unspecified atom stereocenters. The molecule has 0 aromatic heterocycles. The number of piperazine rings is 1. The third-order valence-electron chi connectivity index (χ3n) is 6.48. The van der Waals surface area contributed by atoms with Crippen LogP contribution < -0.4 is 4.74 Å². The van der Waals surface area contributed by atoms with Gasteiger partial charge in [0.05, 0.1) is 5.56 Å². The molecule has 0 saturated carbocycles. The van der Waals surface area contributed by atoms with E-state index >= 15 is 0 Å². The number of likely N-dealkylation sites (N-methyl/N-ethyl adjacent to an activating group) is 1. The Morgan fingerprint density at radius 2 is 1.74 bits per heavy atom. The minimum atomic E-state index is 0.0566. The fourth-order valence-corrected chi connectivity index (χ4v) is 4.61. The monoisotopic (exact) mass is 441 g/mol. The van der Waals surface area contributed by atoms with E-state index in [4.69, 9.17) is 16.3 Å². The average Bonchev–Trinajstić information content (AvgIpc) is 2.80. The molecule has 31 heavy (non-hydrogen) atoms. The Labute approximate surface area is 190 Å². The Morgan fingerprint density at radius 1 is 1.00 bits per heavy atom. The van der Waals surface area contributed by atoms with Crippen molar-refractivity contribution in [3.05, 3.63) is 64.7 Å². The largest absolute Gasteiger partial charge is 0.488 e. The number of hydrogen-bond donors (Lipinski definition) is 0. The molecule has 1 amide bonds. The lowest BCUT2D eigenvalue weighted by Gasteiger charge is -2.40. The van der Waals surface area contributed by atoms with Crippen LogP contribution in [0.3, 0.4) is 0 Å². The van der Waals surface area contributed by atoms with E-state index in [1.165, 1.54) is 25.8 Å². The Hall–Kier alpha value is -2.08. The molecule has 0 spiro atoms. The number of amides is 1. The summed E-state index contributed by atoms with van der Waals surface area (Å²) in [5.74, 6) is 0.690. The summed E-state index contributed by atoms with van der Waals surface area (Å²) in [6, 6.07) is 15.8. The van der Waals surface area contributed by atoms with Crippen LogP contribution in [0.4, 0.5) is 0 Å². The van der Waals surface area contributed by atoms with Crippen LogP contribution in [0.1, 0.15) is 35.2 Å². The second-order valence-electron chi connectivity index (χ2n) is 8.63. The zero-order chi connectivity index (χ0) is 21.6. The van der Waals surface area contributed by atoms with Crippen molar-refractivity contribution >= 4 is 17.5 Å². The summed E-state index contributed by atoms with van der Waals surface area (Å²) < 4.78 is 6.00. The van der Waals surface area contributed by atoms with Gasteiger partial charge in [0.25, 0.3) is 5.91 Å². The number of halogens is 1. The number of hydrogen-bond acceptors (Lipinski definition) is 4. The lowest BCUT2D eigenvalue weighted by atomic mass is 10.0. The van der Waals surface area contributed by atoms with Crippen LogP contribution in [0, 0.1) is 0 Å². The van der Waals surface area contributed by atoms with Crippen LogP contribution in [0.2, 0.25) is 5.02 Å². The van der Waals surface area contributed by atoms with Gasteiger partial charge in [-0.05, 0) is 56.3 Å². The molecule has 2 aromatic rings. The third-order valence-corrected chi connectivity index (χ3v) is 6.73. The van der Waals surface area contributed by atoms with Crippen molar-refractivity contribution in [3.63, 3.8) is 0 Å². The molecular formula is C25H32ClN3O2. The number of nitrogens with zero attached hydrogens (tertiary/aromatic N) is 3. The average molecular weight is 442 g/mol. The lowest BCUT2D eigenvalue weighted by molar-refractivity contribution is 0.0561. The predicted octanol–water partition coefficient (Wildman–Crippen LogP) is 4.16. The maximum absolute atomic E-state index is 13.2. The fraction of sp³-hybridized carbons (Fsp3) is 0.480. The molecule has 0 bridgehead atoms. The summed E-state index contributed by atoms with van der Waals surface area (Å²) in [6.07, 6.45) is 3.93. The van der Waals surface area contributed by atoms with Crippen molar-refractivity contribution < 1.29 is 9.53 Å². The molecule has 2 aromatic carbocycles. The number of carbonyl (C=O) groups excluding carboxylic acids is 1. The van der Waals surface area contributed by atoms with Gasteiger partial charge >= 0.3 is 0 Å². The van der Waals surface area contributed by atoms with Gasteiger partial charge in [0.1, 0.15) is 12.4 Å².